The molecule has 0 atom stereocenters. The number of alkyl halides is 1. The molecule has 1 rings (SSSR count). The molecule has 0 aliphatic carbocycles. The third-order valence-electron chi connectivity index (χ3n) is 1.85. The molecular weight excluding hydrogens is 312 g/mol. The standard InChI is InChI=1S/C10H11ClINO/c11-7-3-4-9(13)8(6-7)10(14)2-1-5-12/h3-4,6H,1-2,5,13H2. The van der Waals surface area contributed by atoms with Crippen molar-refractivity contribution in [1.29, 1.82) is 0 Å². The fourth-order valence-electron chi connectivity index (χ4n) is 1.13. The number of carbonyl (C=O) groups is 1. The van der Waals surface area contributed by atoms with Crippen LogP contribution in [0.2, 0.25) is 5.02 Å². The van der Waals surface area contributed by atoms with Crippen LogP contribution in [0.3, 0.4) is 0 Å². The van der Waals surface area contributed by atoms with Crippen molar-refractivity contribution in [1.82, 2.24) is 0 Å². The summed E-state index contributed by atoms with van der Waals surface area (Å²) in [7, 11) is 0. The Balaban J connectivity index is 2.83. The lowest BCUT2D eigenvalue weighted by Crippen LogP contribution is -2.03. The van der Waals surface area contributed by atoms with Gasteiger partial charge in [0.2, 0.25) is 0 Å². The topological polar surface area (TPSA) is 43.1 Å². The highest BCUT2D eigenvalue weighted by atomic mass is 127. The van der Waals surface area contributed by atoms with Crippen LogP contribution in [0, 0.1) is 0 Å². The van der Waals surface area contributed by atoms with Gasteiger partial charge in [0.05, 0.1) is 0 Å². The zero-order chi connectivity index (χ0) is 10.6. The molecule has 0 amide bonds. The summed E-state index contributed by atoms with van der Waals surface area (Å²) >= 11 is 8.03. The maximum Gasteiger partial charge on any atom is 0.165 e. The average molecular weight is 324 g/mol. The summed E-state index contributed by atoms with van der Waals surface area (Å²) in [4.78, 5) is 11.6. The van der Waals surface area contributed by atoms with E-state index in [2.05, 4.69) is 22.6 Å². The SMILES string of the molecule is Nc1ccc(Cl)cc1C(=O)CCCI. The summed E-state index contributed by atoms with van der Waals surface area (Å²) < 4.78 is 0.976. The molecule has 76 valence electrons. The molecule has 0 aliphatic heterocycles. The first-order valence-corrected chi connectivity index (χ1v) is 6.19. The molecule has 0 aliphatic rings. The number of Topliss-reactive ketones (excluding diaryl/α,β-unsaturated/α-hetero) is 1. The number of rotatable bonds is 4. The first-order chi connectivity index (χ1) is 6.65. The van der Waals surface area contributed by atoms with E-state index in [1.807, 2.05) is 0 Å². The lowest BCUT2D eigenvalue weighted by molar-refractivity contribution is 0.0983. The molecule has 0 spiro atoms. The molecule has 0 radical (unpaired) electrons. The first kappa shape index (κ1) is 11.8. The minimum absolute atomic E-state index is 0.0710. The van der Waals surface area contributed by atoms with Crippen molar-refractivity contribution in [3.63, 3.8) is 0 Å². The van der Waals surface area contributed by atoms with Gasteiger partial charge in [0.1, 0.15) is 0 Å². The highest BCUT2D eigenvalue weighted by Crippen LogP contribution is 2.19. The Hall–Kier alpha value is -0.290. The van der Waals surface area contributed by atoms with Gasteiger partial charge < -0.3 is 5.73 Å². The van der Waals surface area contributed by atoms with Crippen LogP contribution in [-0.2, 0) is 0 Å². The Labute approximate surface area is 102 Å². The molecule has 0 fully saturated rings. The highest BCUT2D eigenvalue weighted by Gasteiger charge is 2.09. The molecule has 14 heavy (non-hydrogen) atoms. The van der Waals surface area contributed by atoms with E-state index in [-0.39, 0.29) is 5.78 Å². The van der Waals surface area contributed by atoms with Gasteiger partial charge in [0, 0.05) is 22.7 Å². The smallest absolute Gasteiger partial charge is 0.165 e. The van der Waals surface area contributed by atoms with E-state index in [0.717, 1.165) is 10.8 Å². The monoisotopic (exact) mass is 323 g/mol. The Morgan fingerprint density at radius 2 is 2.21 bits per heavy atom. The van der Waals surface area contributed by atoms with Crippen LogP contribution in [0.5, 0.6) is 0 Å². The molecule has 2 N–H and O–H groups in total. The molecule has 1 aromatic carbocycles. The largest absolute Gasteiger partial charge is 0.398 e. The highest BCUT2D eigenvalue weighted by molar-refractivity contribution is 14.1. The van der Waals surface area contributed by atoms with Crippen LogP contribution in [0.4, 0.5) is 5.69 Å². The van der Waals surface area contributed by atoms with E-state index in [4.69, 9.17) is 17.3 Å². The number of hydrogen-bond acceptors (Lipinski definition) is 2. The molecule has 0 bridgehead atoms. The van der Waals surface area contributed by atoms with E-state index in [0.29, 0.717) is 22.7 Å². The van der Waals surface area contributed by atoms with Crippen LogP contribution < -0.4 is 5.73 Å². The summed E-state index contributed by atoms with van der Waals surface area (Å²) in [5.41, 5.74) is 6.73. The fourth-order valence-corrected chi connectivity index (χ4v) is 1.69. The zero-order valence-corrected chi connectivity index (χ0v) is 10.5. The minimum atomic E-state index is 0.0710. The van der Waals surface area contributed by atoms with Crippen molar-refractivity contribution in [2.75, 3.05) is 10.2 Å². The van der Waals surface area contributed by atoms with Crippen molar-refractivity contribution in [2.45, 2.75) is 12.8 Å². The lowest BCUT2D eigenvalue weighted by Gasteiger charge is -2.04. The normalized spacial score (nSPS) is 10.1. The third-order valence-corrected chi connectivity index (χ3v) is 2.85. The van der Waals surface area contributed by atoms with E-state index >= 15 is 0 Å². The number of nitrogen functional groups attached to an aromatic ring is 1. The van der Waals surface area contributed by atoms with Gasteiger partial charge in [-0.2, -0.15) is 0 Å². The second kappa shape index (κ2) is 5.56. The Morgan fingerprint density at radius 1 is 1.50 bits per heavy atom. The van der Waals surface area contributed by atoms with Crippen molar-refractivity contribution in [3.8, 4) is 0 Å². The fraction of sp³-hybridized carbons (Fsp3) is 0.300. The van der Waals surface area contributed by atoms with E-state index < -0.39 is 0 Å². The predicted octanol–water partition coefficient (Wildman–Crippen LogP) is 3.32. The van der Waals surface area contributed by atoms with E-state index in [1.54, 1.807) is 18.2 Å². The molecule has 4 heteroatoms. The zero-order valence-electron chi connectivity index (χ0n) is 7.59. The average Bonchev–Trinajstić information content (AvgIpc) is 2.18. The third kappa shape index (κ3) is 3.13. The van der Waals surface area contributed by atoms with Gasteiger partial charge in [-0.15, -0.1) is 0 Å². The van der Waals surface area contributed by atoms with Crippen LogP contribution in [0.25, 0.3) is 0 Å². The molecule has 0 saturated carbocycles. The number of carbonyl (C=O) groups excluding carboxylic acids is 1. The maximum absolute atomic E-state index is 11.6. The van der Waals surface area contributed by atoms with Crippen LogP contribution >= 0.6 is 34.2 Å². The first-order valence-electron chi connectivity index (χ1n) is 4.29. The lowest BCUT2D eigenvalue weighted by atomic mass is 10.1. The molecule has 1 aromatic rings. The van der Waals surface area contributed by atoms with Gasteiger partial charge >= 0.3 is 0 Å². The Bertz CT molecular complexity index is 341. The van der Waals surface area contributed by atoms with Gasteiger partial charge in [-0.3, -0.25) is 4.79 Å². The van der Waals surface area contributed by atoms with Gasteiger partial charge in [0.15, 0.2) is 5.78 Å². The van der Waals surface area contributed by atoms with Gasteiger partial charge in [0.25, 0.3) is 0 Å². The van der Waals surface area contributed by atoms with Crippen molar-refractivity contribution < 1.29 is 4.79 Å². The maximum atomic E-state index is 11.6. The molecular formula is C10H11ClINO. The molecule has 2 nitrogen and oxygen atoms in total. The summed E-state index contributed by atoms with van der Waals surface area (Å²) in [6.07, 6.45) is 1.42. The number of benzene rings is 1. The van der Waals surface area contributed by atoms with Crippen LogP contribution in [-0.4, -0.2) is 10.2 Å². The number of hydrogen-bond donors (Lipinski definition) is 1. The summed E-state index contributed by atoms with van der Waals surface area (Å²) in [5, 5.41) is 0.553. The van der Waals surface area contributed by atoms with E-state index in [1.165, 1.54) is 0 Å². The number of anilines is 1. The number of ketones is 1. The van der Waals surface area contributed by atoms with Crippen LogP contribution in [0.1, 0.15) is 23.2 Å². The molecule has 0 aromatic heterocycles. The second-order valence-corrected chi connectivity index (χ2v) is 4.46. The van der Waals surface area contributed by atoms with Gasteiger partial charge in [-0.25, -0.2) is 0 Å². The Morgan fingerprint density at radius 3 is 2.86 bits per heavy atom. The molecule has 0 unspecified atom stereocenters. The summed E-state index contributed by atoms with van der Waals surface area (Å²) in [6.45, 7) is 0. The number of nitrogens with two attached hydrogens (primary N) is 1. The van der Waals surface area contributed by atoms with E-state index in [9.17, 15) is 4.79 Å². The van der Waals surface area contributed by atoms with Crippen LogP contribution in [0.15, 0.2) is 18.2 Å². The molecule has 0 saturated heterocycles. The van der Waals surface area contributed by atoms with Gasteiger partial charge in [-0.05, 0) is 29.0 Å². The Kier molecular flexibility index (Phi) is 4.68. The summed E-state index contributed by atoms with van der Waals surface area (Å²) in [6, 6.07) is 4.98. The quantitative estimate of drug-likeness (QED) is 0.400. The minimum Gasteiger partial charge on any atom is -0.398 e. The second-order valence-electron chi connectivity index (χ2n) is 2.95. The summed E-state index contributed by atoms with van der Waals surface area (Å²) in [5.74, 6) is 0.0710. The van der Waals surface area contributed by atoms with Gasteiger partial charge in [-0.1, -0.05) is 34.2 Å². The van der Waals surface area contributed by atoms with Crippen molar-refractivity contribution >= 4 is 45.7 Å². The van der Waals surface area contributed by atoms with Crippen molar-refractivity contribution in [3.05, 3.63) is 28.8 Å². The predicted molar refractivity (Wildman–Crippen MR) is 68.3 cm³/mol. The number of halogens is 2. The molecule has 0 heterocycles. The van der Waals surface area contributed by atoms with Crippen molar-refractivity contribution in [2.24, 2.45) is 0 Å².